The molecule has 0 radical (unpaired) electrons. The van der Waals surface area contributed by atoms with Crippen LogP contribution in [-0.4, -0.2) is 11.1 Å². The fourth-order valence-corrected chi connectivity index (χ4v) is 10.1. The van der Waals surface area contributed by atoms with Crippen molar-refractivity contribution in [3.63, 3.8) is 0 Å². The molecule has 3 fully saturated rings. The smallest absolute Gasteiger partial charge is 0.303 e. The Morgan fingerprint density at radius 3 is 2.47 bits per heavy atom. The van der Waals surface area contributed by atoms with E-state index in [0.29, 0.717) is 17.3 Å². The molecule has 4 aliphatic carbocycles. The number of carboxylic acid groups (broad SMARTS) is 1. The van der Waals surface area contributed by atoms with Crippen molar-refractivity contribution in [1.82, 2.24) is 0 Å². The van der Waals surface area contributed by atoms with Crippen LogP contribution < -0.4 is 0 Å². The maximum atomic E-state index is 10.7. The third-order valence-corrected chi connectivity index (χ3v) is 12.2. The van der Waals surface area contributed by atoms with E-state index in [1.165, 1.54) is 89.9 Å². The zero-order valence-electron chi connectivity index (χ0n) is 24.5. The molecule has 2 nitrogen and oxygen atoms in total. The second-order valence-corrected chi connectivity index (χ2v) is 14.7. The Hall–Kier alpha value is -0.790. The maximum absolute atomic E-state index is 10.7. The van der Waals surface area contributed by atoms with Gasteiger partial charge in [0.05, 0.1) is 0 Å². The average Bonchev–Trinajstić information content (AvgIpc) is 3.18. The van der Waals surface area contributed by atoms with Gasteiger partial charge in [0.1, 0.15) is 0 Å². The Balaban J connectivity index is 1.33. The van der Waals surface area contributed by atoms with Crippen LogP contribution in [-0.2, 0) is 4.79 Å². The summed E-state index contributed by atoms with van der Waals surface area (Å²) in [4.78, 5) is 10.7. The highest BCUT2D eigenvalue weighted by Crippen LogP contribution is 2.67. The molecule has 0 spiro atoms. The molecule has 206 valence electrons. The van der Waals surface area contributed by atoms with Gasteiger partial charge in [-0.05, 0) is 110 Å². The van der Waals surface area contributed by atoms with E-state index in [4.69, 9.17) is 5.11 Å². The summed E-state index contributed by atoms with van der Waals surface area (Å²) < 4.78 is 0. The van der Waals surface area contributed by atoms with E-state index >= 15 is 0 Å². The molecule has 0 aromatic carbocycles. The monoisotopic (exact) mass is 498 g/mol. The van der Waals surface area contributed by atoms with Crippen LogP contribution in [0.15, 0.2) is 11.6 Å². The summed E-state index contributed by atoms with van der Waals surface area (Å²) in [5.74, 6) is 5.78. The lowest BCUT2D eigenvalue weighted by Crippen LogP contribution is -2.50. The Kier molecular flexibility index (Phi) is 9.36. The number of allylic oxidation sites excluding steroid dienone is 2. The van der Waals surface area contributed by atoms with E-state index in [0.717, 1.165) is 54.3 Å². The highest BCUT2D eigenvalue weighted by atomic mass is 16.4. The van der Waals surface area contributed by atoms with Gasteiger partial charge in [0.25, 0.3) is 0 Å². The molecule has 4 aliphatic rings. The summed E-state index contributed by atoms with van der Waals surface area (Å²) in [6.45, 7) is 12.7. The first-order valence-corrected chi connectivity index (χ1v) is 16.1. The number of unbranched alkanes of at least 4 members (excludes halogenated alkanes) is 3. The van der Waals surface area contributed by atoms with Crippen molar-refractivity contribution in [2.24, 2.45) is 52.3 Å². The molecule has 0 amide bonds. The summed E-state index contributed by atoms with van der Waals surface area (Å²) in [6.07, 6.45) is 24.7. The third kappa shape index (κ3) is 5.93. The van der Waals surface area contributed by atoms with Crippen LogP contribution in [0.5, 0.6) is 0 Å². The van der Waals surface area contributed by atoms with E-state index in [1.54, 1.807) is 0 Å². The van der Waals surface area contributed by atoms with Gasteiger partial charge in [-0.25, -0.2) is 0 Å². The van der Waals surface area contributed by atoms with Crippen molar-refractivity contribution < 1.29 is 9.90 Å². The molecule has 8 atom stereocenters. The van der Waals surface area contributed by atoms with Crippen LogP contribution in [0.3, 0.4) is 0 Å². The van der Waals surface area contributed by atoms with E-state index in [-0.39, 0.29) is 0 Å². The normalized spacial score (nSPS) is 38.7. The summed E-state index contributed by atoms with van der Waals surface area (Å²) in [5, 5.41) is 8.83. The Morgan fingerprint density at radius 2 is 1.72 bits per heavy atom. The Morgan fingerprint density at radius 1 is 0.944 bits per heavy atom. The molecule has 0 bridgehead atoms. The van der Waals surface area contributed by atoms with E-state index in [9.17, 15) is 4.79 Å². The summed E-state index contributed by atoms with van der Waals surface area (Å²) in [5.41, 5.74) is 2.91. The highest BCUT2D eigenvalue weighted by molar-refractivity contribution is 5.66. The third-order valence-electron chi connectivity index (χ3n) is 12.2. The number of carboxylic acids is 1. The fourth-order valence-electron chi connectivity index (χ4n) is 10.1. The number of hydrogen-bond donors (Lipinski definition) is 1. The number of fused-ring (bicyclic) bond motifs is 5. The first-order valence-electron chi connectivity index (χ1n) is 16.1. The molecule has 0 aliphatic heterocycles. The lowest BCUT2D eigenvalue weighted by atomic mass is 9.46. The quantitative estimate of drug-likeness (QED) is 0.215. The van der Waals surface area contributed by atoms with Gasteiger partial charge in [-0.15, -0.1) is 0 Å². The van der Waals surface area contributed by atoms with Crippen molar-refractivity contribution in [3.05, 3.63) is 11.6 Å². The lowest BCUT2D eigenvalue weighted by molar-refractivity contribution is -0.137. The standard InChI is InChI=1S/C34H58O2/c1-24(2)11-10-12-25(3)29-17-18-30-28-16-15-27-23-26(13-8-6-7-9-14-32(35)36)19-21-33(27,4)31(28)20-22-34(29,30)5/h15,24-26,28-31H,6-14,16-23H2,1-5H3,(H,35,36)/t25-,26?,28?,29-,30?,31?,33+,34-/m1/s1. The van der Waals surface area contributed by atoms with Crippen molar-refractivity contribution in [3.8, 4) is 0 Å². The van der Waals surface area contributed by atoms with Crippen LogP contribution >= 0.6 is 0 Å². The van der Waals surface area contributed by atoms with Gasteiger partial charge >= 0.3 is 5.97 Å². The summed E-state index contributed by atoms with van der Waals surface area (Å²) >= 11 is 0. The van der Waals surface area contributed by atoms with Gasteiger partial charge in [-0.2, -0.15) is 0 Å². The first kappa shape index (κ1) is 28.2. The zero-order valence-corrected chi connectivity index (χ0v) is 24.5. The van der Waals surface area contributed by atoms with Crippen molar-refractivity contribution in [1.29, 1.82) is 0 Å². The molecule has 2 heteroatoms. The van der Waals surface area contributed by atoms with Gasteiger partial charge in [-0.3, -0.25) is 4.79 Å². The topological polar surface area (TPSA) is 37.3 Å². The summed E-state index contributed by atoms with van der Waals surface area (Å²) in [7, 11) is 0. The molecule has 0 aromatic heterocycles. The number of aliphatic carboxylic acids is 1. The van der Waals surface area contributed by atoms with Gasteiger partial charge in [0, 0.05) is 6.42 Å². The van der Waals surface area contributed by atoms with Crippen molar-refractivity contribution >= 4 is 5.97 Å². The van der Waals surface area contributed by atoms with E-state index in [1.807, 2.05) is 5.57 Å². The predicted octanol–water partition coefficient (Wildman–Crippen LogP) is 10.1. The molecule has 0 aromatic rings. The van der Waals surface area contributed by atoms with Gasteiger partial charge in [0.2, 0.25) is 0 Å². The van der Waals surface area contributed by atoms with Gasteiger partial charge < -0.3 is 5.11 Å². The molecule has 36 heavy (non-hydrogen) atoms. The molecule has 1 N–H and O–H groups in total. The second kappa shape index (κ2) is 11.9. The van der Waals surface area contributed by atoms with Crippen LogP contribution in [0.4, 0.5) is 0 Å². The molecule has 0 heterocycles. The van der Waals surface area contributed by atoms with Crippen molar-refractivity contribution in [2.45, 2.75) is 144 Å². The second-order valence-electron chi connectivity index (χ2n) is 14.7. The van der Waals surface area contributed by atoms with E-state index in [2.05, 4.69) is 40.7 Å². The molecule has 3 saturated carbocycles. The minimum atomic E-state index is -0.642. The van der Waals surface area contributed by atoms with Gasteiger partial charge in [-0.1, -0.05) is 91.2 Å². The zero-order chi connectivity index (χ0) is 25.9. The minimum absolute atomic E-state index is 0.342. The maximum Gasteiger partial charge on any atom is 0.303 e. The molecule has 4 rings (SSSR count). The molecular formula is C34H58O2. The predicted molar refractivity (Wildman–Crippen MR) is 152 cm³/mol. The van der Waals surface area contributed by atoms with Gasteiger partial charge in [0.15, 0.2) is 0 Å². The average molecular weight is 499 g/mol. The van der Waals surface area contributed by atoms with Crippen LogP contribution in [0.1, 0.15) is 144 Å². The molecule has 4 unspecified atom stereocenters. The molecular weight excluding hydrogens is 440 g/mol. The van der Waals surface area contributed by atoms with Crippen LogP contribution in [0.2, 0.25) is 0 Å². The van der Waals surface area contributed by atoms with Crippen molar-refractivity contribution in [2.75, 3.05) is 0 Å². The summed E-state index contributed by atoms with van der Waals surface area (Å²) in [6, 6.07) is 0. The lowest BCUT2D eigenvalue weighted by Gasteiger charge is -2.58. The molecule has 0 saturated heterocycles. The fraction of sp³-hybridized carbons (Fsp3) is 0.912. The SMILES string of the molecule is CC(C)CCC[C@@H](C)[C@H]1CCC2C3CC=C4CC(CCCCCCC(=O)O)CC[C@]4(C)C3CC[C@@]21C. The number of carbonyl (C=O) groups is 1. The Bertz CT molecular complexity index is 767. The van der Waals surface area contributed by atoms with E-state index < -0.39 is 5.97 Å². The minimum Gasteiger partial charge on any atom is -0.481 e. The number of hydrogen-bond acceptors (Lipinski definition) is 1. The highest BCUT2D eigenvalue weighted by Gasteiger charge is 2.59. The number of rotatable bonds is 12. The van der Waals surface area contributed by atoms with Crippen LogP contribution in [0.25, 0.3) is 0 Å². The first-order chi connectivity index (χ1) is 17.1. The Labute approximate surface area is 223 Å². The largest absolute Gasteiger partial charge is 0.481 e. The van der Waals surface area contributed by atoms with Crippen LogP contribution in [0, 0.1) is 52.3 Å².